The number of thioether (sulfide) groups is 3. The van der Waals surface area contributed by atoms with E-state index in [9.17, 15) is 14.7 Å². The molecule has 3 rings (SSSR count). The zero-order valence-electron chi connectivity index (χ0n) is 11.5. The molecule has 0 radical (unpaired) electrons. The lowest BCUT2D eigenvalue weighted by Gasteiger charge is -2.48. The predicted molar refractivity (Wildman–Crippen MR) is 84.6 cm³/mol. The van der Waals surface area contributed by atoms with Crippen LogP contribution in [0.1, 0.15) is 0 Å². The van der Waals surface area contributed by atoms with E-state index in [4.69, 9.17) is 5.73 Å². The molecule has 22 heavy (non-hydrogen) atoms. The van der Waals surface area contributed by atoms with Gasteiger partial charge in [0.2, 0.25) is 5.91 Å². The summed E-state index contributed by atoms with van der Waals surface area (Å²) in [5.74, 6) is -0.432. The minimum Gasteiger partial charge on any atom is -0.477 e. The van der Waals surface area contributed by atoms with Crippen molar-refractivity contribution in [2.45, 2.75) is 21.5 Å². The number of fused-ring (bicyclic) bond motifs is 1. The molecule has 2 aliphatic heterocycles. The summed E-state index contributed by atoms with van der Waals surface area (Å²) in [6.45, 7) is 0. The van der Waals surface area contributed by atoms with Crippen molar-refractivity contribution in [1.82, 2.24) is 20.3 Å². The van der Waals surface area contributed by atoms with Crippen LogP contribution < -0.4 is 5.73 Å². The average molecular weight is 359 g/mol. The molecular formula is C11H13N5O3S3. The molecule has 8 nitrogen and oxygen atoms in total. The largest absolute Gasteiger partial charge is 0.477 e. The summed E-state index contributed by atoms with van der Waals surface area (Å²) < 4.78 is 0. The molecule has 1 amide bonds. The van der Waals surface area contributed by atoms with Gasteiger partial charge in [-0.05, 0) is 11.8 Å². The molecule has 1 aromatic rings. The van der Waals surface area contributed by atoms with E-state index in [1.54, 1.807) is 0 Å². The Morgan fingerprint density at radius 1 is 1.55 bits per heavy atom. The van der Waals surface area contributed by atoms with E-state index < -0.39 is 12.0 Å². The number of β-lactam (4-membered cyclic amide) rings is 1. The SMILES string of the molecule is CSc1n[nH]nc1SCC1=C(C(=O)O)N2C(=O)C(N)[C@H]2SC1. The summed E-state index contributed by atoms with van der Waals surface area (Å²) in [6.07, 6.45) is 1.89. The number of carbonyl (C=O) groups is 2. The quantitative estimate of drug-likeness (QED) is 0.499. The molecule has 4 N–H and O–H groups in total. The molecule has 0 spiro atoms. The molecule has 1 saturated heterocycles. The van der Waals surface area contributed by atoms with Gasteiger partial charge in [0, 0.05) is 11.5 Å². The van der Waals surface area contributed by atoms with Crippen LogP contribution in [-0.4, -0.2) is 66.5 Å². The lowest BCUT2D eigenvalue weighted by Crippen LogP contribution is -2.68. The first-order chi connectivity index (χ1) is 10.5. The van der Waals surface area contributed by atoms with Gasteiger partial charge in [-0.25, -0.2) is 4.79 Å². The van der Waals surface area contributed by atoms with E-state index in [0.717, 1.165) is 10.1 Å². The van der Waals surface area contributed by atoms with Gasteiger partial charge in [-0.1, -0.05) is 11.8 Å². The zero-order chi connectivity index (χ0) is 15.9. The van der Waals surface area contributed by atoms with Crippen molar-refractivity contribution in [3.63, 3.8) is 0 Å². The molecule has 118 valence electrons. The van der Waals surface area contributed by atoms with E-state index in [0.29, 0.717) is 17.1 Å². The topological polar surface area (TPSA) is 125 Å². The van der Waals surface area contributed by atoms with Crippen LogP contribution >= 0.6 is 35.3 Å². The number of aliphatic carboxylic acids is 1. The number of hydrogen-bond acceptors (Lipinski definition) is 8. The Kier molecular flexibility index (Phi) is 4.39. The van der Waals surface area contributed by atoms with Crippen molar-refractivity contribution in [3.8, 4) is 0 Å². The van der Waals surface area contributed by atoms with E-state index in [1.807, 2.05) is 6.26 Å². The Morgan fingerprint density at radius 3 is 2.95 bits per heavy atom. The van der Waals surface area contributed by atoms with Gasteiger partial charge in [0.1, 0.15) is 17.1 Å². The van der Waals surface area contributed by atoms with E-state index >= 15 is 0 Å². The zero-order valence-corrected chi connectivity index (χ0v) is 13.9. The fourth-order valence-corrected chi connectivity index (χ4v) is 5.31. The number of amides is 1. The molecule has 1 aromatic heterocycles. The third-order valence-corrected chi connectivity index (χ3v) is 6.57. The van der Waals surface area contributed by atoms with Crippen LogP contribution in [0.3, 0.4) is 0 Å². The van der Waals surface area contributed by atoms with Crippen molar-refractivity contribution in [3.05, 3.63) is 11.3 Å². The second kappa shape index (κ2) is 6.14. The van der Waals surface area contributed by atoms with Crippen LogP contribution in [0.25, 0.3) is 0 Å². The molecule has 11 heteroatoms. The fourth-order valence-electron chi connectivity index (χ4n) is 2.28. The molecule has 0 bridgehead atoms. The monoisotopic (exact) mass is 359 g/mol. The Morgan fingerprint density at radius 2 is 2.27 bits per heavy atom. The van der Waals surface area contributed by atoms with Gasteiger partial charge >= 0.3 is 5.97 Å². The van der Waals surface area contributed by atoms with Gasteiger partial charge in [0.05, 0.1) is 0 Å². The molecule has 1 unspecified atom stereocenters. The second-order valence-corrected chi connectivity index (χ2v) is 7.48. The van der Waals surface area contributed by atoms with Gasteiger partial charge in [-0.2, -0.15) is 5.21 Å². The predicted octanol–water partition coefficient (Wildman–Crippen LogP) is 0.200. The molecule has 2 atom stereocenters. The molecule has 1 fully saturated rings. The van der Waals surface area contributed by atoms with Crippen LogP contribution in [0, 0.1) is 0 Å². The number of aromatic nitrogens is 3. The number of rotatable bonds is 5. The lowest BCUT2D eigenvalue weighted by atomic mass is 10.0. The number of nitrogens with zero attached hydrogens (tertiary/aromatic N) is 3. The van der Waals surface area contributed by atoms with E-state index in [-0.39, 0.29) is 17.0 Å². The van der Waals surface area contributed by atoms with Crippen molar-refractivity contribution in [1.29, 1.82) is 0 Å². The Bertz CT molecular complexity index is 661. The van der Waals surface area contributed by atoms with Gasteiger partial charge in [0.15, 0.2) is 10.1 Å². The van der Waals surface area contributed by atoms with E-state index in [2.05, 4.69) is 15.4 Å². The number of nitrogens with one attached hydrogen (secondary N) is 1. The first-order valence-electron chi connectivity index (χ1n) is 6.27. The number of carboxylic acid groups (broad SMARTS) is 1. The standard InChI is InChI=1S/C11H13N5O3S3/c1-20-7-8(14-15-13-7)21-2-4-3-22-10-5(12)9(17)16(10)6(4)11(18)19/h5,10H,2-3,12H2,1H3,(H,18,19)(H,13,14,15)/t5?,10-/m1/s1. The highest BCUT2D eigenvalue weighted by molar-refractivity contribution is 8.02. The van der Waals surface area contributed by atoms with Gasteiger partial charge in [-0.3, -0.25) is 9.69 Å². The summed E-state index contributed by atoms with van der Waals surface area (Å²) in [6, 6.07) is -0.604. The minimum absolute atomic E-state index is 0.0668. The van der Waals surface area contributed by atoms with Crippen molar-refractivity contribution >= 4 is 47.2 Å². The maximum atomic E-state index is 11.8. The normalized spacial score (nSPS) is 24.3. The number of hydrogen-bond donors (Lipinski definition) is 3. The molecule has 0 aliphatic carbocycles. The number of H-pyrrole nitrogens is 1. The first-order valence-corrected chi connectivity index (χ1v) is 9.53. The molecule has 3 heterocycles. The van der Waals surface area contributed by atoms with Crippen LogP contribution in [0.2, 0.25) is 0 Å². The Labute approximate surface area is 138 Å². The maximum Gasteiger partial charge on any atom is 0.352 e. The van der Waals surface area contributed by atoms with Gasteiger partial charge < -0.3 is 10.8 Å². The number of nitrogens with two attached hydrogens (primary N) is 1. The molecular weight excluding hydrogens is 346 g/mol. The van der Waals surface area contributed by atoms with Crippen molar-refractivity contribution in [2.24, 2.45) is 5.73 Å². The summed E-state index contributed by atoms with van der Waals surface area (Å²) in [4.78, 5) is 24.7. The highest BCUT2D eigenvalue weighted by atomic mass is 32.2. The molecule has 2 aliphatic rings. The highest BCUT2D eigenvalue weighted by Crippen LogP contribution is 2.41. The Balaban J connectivity index is 1.81. The summed E-state index contributed by atoms with van der Waals surface area (Å²) >= 11 is 4.37. The second-order valence-electron chi connectivity index (χ2n) is 4.62. The number of aromatic amines is 1. The van der Waals surface area contributed by atoms with Gasteiger partial charge in [-0.15, -0.1) is 33.7 Å². The minimum atomic E-state index is -1.09. The summed E-state index contributed by atoms with van der Waals surface area (Å²) in [5.41, 5.74) is 6.49. The fraction of sp³-hybridized carbons (Fsp3) is 0.455. The summed E-state index contributed by atoms with van der Waals surface area (Å²) in [5, 5.41) is 21.3. The van der Waals surface area contributed by atoms with Crippen LogP contribution in [-0.2, 0) is 9.59 Å². The Hall–Kier alpha value is -1.17. The van der Waals surface area contributed by atoms with Crippen molar-refractivity contribution in [2.75, 3.05) is 17.8 Å². The smallest absolute Gasteiger partial charge is 0.352 e. The maximum absolute atomic E-state index is 11.8. The van der Waals surface area contributed by atoms with Crippen LogP contribution in [0.15, 0.2) is 21.3 Å². The third-order valence-electron chi connectivity index (χ3n) is 3.35. The number of carboxylic acids is 1. The van der Waals surface area contributed by atoms with Crippen LogP contribution in [0.5, 0.6) is 0 Å². The lowest BCUT2D eigenvalue weighted by molar-refractivity contribution is -0.147. The number of carbonyl (C=O) groups excluding carboxylic acids is 1. The van der Waals surface area contributed by atoms with Crippen molar-refractivity contribution < 1.29 is 14.7 Å². The highest BCUT2D eigenvalue weighted by Gasteiger charge is 2.51. The third kappa shape index (κ3) is 2.51. The van der Waals surface area contributed by atoms with Crippen LogP contribution in [0.4, 0.5) is 0 Å². The molecule has 0 aromatic carbocycles. The average Bonchev–Trinajstić information content (AvgIpc) is 2.98. The first kappa shape index (κ1) is 15.7. The summed E-state index contributed by atoms with van der Waals surface area (Å²) in [7, 11) is 0. The van der Waals surface area contributed by atoms with E-state index in [1.165, 1.54) is 40.2 Å². The van der Waals surface area contributed by atoms with Gasteiger partial charge in [0.25, 0.3) is 0 Å². The molecule has 0 saturated carbocycles.